The molecule has 1 atom stereocenters. The van der Waals surface area contributed by atoms with Gasteiger partial charge in [0, 0.05) is 25.2 Å². The molecule has 2 aliphatic rings. The zero-order chi connectivity index (χ0) is 33.1. The number of carbonyl (C=O) groups is 2. The molecule has 1 aromatic heterocycles. The summed E-state index contributed by atoms with van der Waals surface area (Å²) in [5.41, 5.74) is -3.87. The van der Waals surface area contributed by atoms with Crippen LogP contribution in [0.4, 0.5) is 42.2 Å². The number of halogens is 7. The molecule has 5 rings (SSSR count). The van der Waals surface area contributed by atoms with Crippen molar-refractivity contribution in [2.45, 2.75) is 57.4 Å². The number of piperazine rings is 1. The lowest BCUT2D eigenvalue weighted by molar-refractivity contribution is -0.143. The van der Waals surface area contributed by atoms with Gasteiger partial charge in [0.2, 0.25) is 11.8 Å². The molecule has 2 aliphatic heterocycles. The summed E-state index contributed by atoms with van der Waals surface area (Å²) in [6, 6.07) is 6.87. The van der Waals surface area contributed by atoms with E-state index < -0.39 is 46.2 Å². The first kappa shape index (κ1) is 32.4. The maximum atomic E-state index is 14.1. The summed E-state index contributed by atoms with van der Waals surface area (Å²) in [4.78, 5) is 36.3. The quantitative estimate of drug-likeness (QED) is 0.284. The molecule has 2 aromatic carbocycles. The number of anilines is 2. The number of carbonyl (C=O) groups excluding carboxylic acids is 2. The van der Waals surface area contributed by atoms with E-state index in [1.807, 2.05) is 0 Å². The van der Waals surface area contributed by atoms with Gasteiger partial charge in [-0.2, -0.15) is 26.3 Å². The van der Waals surface area contributed by atoms with Gasteiger partial charge in [-0.1, -0.05) is 6.07 Å². The fourth-order valence-corrected chi connectivity index (χ4v) is 6.07. The van der Waals surface area contributed by atoms with Gasteiger partial charge in [0.25, 0.3) is 0 Å². The van der Waals surface area contributed by atoms with Crippen molar-refractivity contribution in [2.75, 3.05) is 36.5 Å². The van der Waals surface area contributed by atoms with E-state index in [1.54, 1.807) is 17.9 Å². The minimum absolute atomic E-state index is 0.0124. The predicted molar refractivity (Wildman–Crippen MR) is 154 cm³/mol. The number of rotatable bonds is 5. The zero-order valence-corrected chi connectivity index (χ0v) is 25.0. The van der Waals surface area contributed by atoms with Gasteiger partial charge in [-0.3, -0.25) is 19.4 Å². The van der Waals surface area contributed by atoms with Gasteiger partial charge < -0.3 is 4.90 Å². The first-order valence-electron chi connectivity index (χ1n) is 14.3. The number of alkyl halides is 6. The van der Waals surface area contributed by atoms with Crippen LogP contribution in [0, 0.1) is 12.7 Å². The lowest BCUT2D eigenvalue weighted by Gasteiger charge is -2.37. The van der Waals surface area contributed by atoms with Gasteiger partial charge in [-0.05, 0) is 93.2 Å². The Kier molecular flexibility index (Phi) is 8.22. The molecule has 13 heteroatoms. The third-order valence-electron chi connectivity index (χ3n) is 8.67. The first-order valence-corrected chi connectivity index (χ1v) is 14.3. The van der Waals surface area contributed by atoms with Crippen LogP contribution < -0.4 is 9.80 Å². The van der Waals surface area contributed by atoms with E-state index >= 15 is 0 Å². The van der Waals surface area contributed by atoms with Crippen molar-refractivity contribution in [3.05, 3.63) is 76.7 Å². The van der Waals surface area contributed by atoms with Gasteiger partial charge in [-0.25, -0.2) is 9.37 Å². The van der Waals surface area contributed by atoms with E-state index in [-0.39, 0.29) is 30.2 Å². The van der Waals surface area contributed by atoms with E-state index in [2.05, 4.69) is 9.88 Å². The Balaban J connectivity index is 1.59. The van der Waals surface area contributed by atoms with Gasteiger partial charge in [-0.15, -0.1) is 0 Å². The number of benzene rings is 2. The molecule has 0 saturated carbocycles. The molecule has 0 N–H and O–H groups in total. The highest BCUT2D eigenvalue weighted by molar-refractivity contribution is 6.04. The molecule has 0 spiro atoms. The molecule has 6 nitrogen and oxygen atoms in total. The van der Waals surface area contributed by atoms with Crippen molar-refractivity contribution in [1.82, 2.24) is 9.88 Å². The van der Waals surface area contributed by atoms with Crippen LogP contribution in [0.25, 0.3) is 11.1 Å². The van der Waals surface area contributed by atoms with Gasteiger partial charge in [0.1, 0.15) is 11.6 Å². The van der Waals surface area contributed by atoms with Crippen LogP contribution >= 0.6 is 0 Å². The molecule has 3 heterocycles. The standard InChI is InChI=1S/C32H31F7N4O2/c1-18-10-22(33)7-8-24(18)25-14-27(43-16-23-6-5-9-42(23)17-28(43)44)40-15-26(25)41(4)29(45)30(2,3)19-11-20(31(34,35)36)13-21(12-19)32(37,38)39/h7-8,10-15,23H,5-6,9,16-17H2,1-4H3/t23-/m1/s1. The van der Waals surface area contributed by atoms with Crippen molar-refractivity contribution >= 4 is 23.3 Å². The summed E-state index contributed by atoms with van der Waals surface area (Å²) in [7, 11) is 1.34. The number of hydrogen-bond acceptors (Lipinski definition) is 4. The number of likely N-dealkylation sites (N-methyl/N-ethyl adjacent to an activating group) is 1. The summed E-state index contributed by atoms with van der Waals surface area (Å²) in [5.74, 6) is -1.18. The lowest BCUT2D eigenvalue weighted by Crippen LogP contribution is -2.54. The van der Waals surface area contributed by atoms with Gasteiger partial charge >= 0.3 is 12.4 Å². The molecule has 2 amide bonds. The Morgan fingerprint density at radius 1 is 0.933 bits per heavy atom. The van der Waals surface area contributed by atoms with Crippen molar-refractivity contribution in [3.8, 4) is 11.1 Å². The average molecular weight is 637 g/mol. The summed E-state index contributed by atoms with van der Waals surface area (Å²) in [6.07, 6.45) is -6.95. The molecular weight excluding hydrogens is 605 g/mol. The minimum Gasteiger partial charge on any atom is -0.313 e. The van der Waals surface area contributed by atoms with Gasteiger partial charge in [0.15, 0.2) is 0 Å². The Morgan fingerprint density at radius 2 is 1.56 bits per heavy atom. The van der Waals surface area contributed by atoms with Crippen LogP contribution in [0.3, 0.4) is 0 Å². The number of nitrogens with zero attached hydrogens (tertiary/aromatic N) is 4. The molecule has 0 unspecified atom stereocenters. The number of hydrogen-bond donors (Lipinski definition) is 0. The van der Waals surface area contributed by atoms with Crippen LogP contribution in [0.1, 0.15) is 48.9 Å². The van der Waals surface area contributed by atoms with Crippen LogP contribution in [-0.2, 0) is 27.4 Å². The SMILES string of the molecule is Cc1cc(F)ccc1-c1cc(N2C[C@H]3CCCN3CC2=O)ncc1N(C)C(=O)C(C)(C)c1cc(C(F)(F)F)cc(C(F)(F)F)c1. The molecule has 3 aromatic rings. The van der Waals surface area contributed by atoms with Crippen LogP contribution in [-0.4, -0.2) is 54.4 Å². The second-order valence-electron chi connectivity index (χ2n) is 12.1. The Morgan fingerprint density at radius 3 is 2.16 bits per heavy atom. The largest absolute Gasteiger partial charge is 0.416 e. The summed E-state index contributed by atoms with van der Waals surface area (Å²) < 4.78 is 95.8. The zero-order valence-electron chi connectivity index (χ0n) is 25.0. The Hall–Kier alpha value is -4.00. The summed E-state index contributed by atoms with van der Waals surface area (Å²) in [5, 5.41) is 0. The Bertz CT molecular complexity index is 1620. The lowest BCUT2D eigenvalue weighted by atomic mass is 9.81. The number of amides is 2. The van der Waals surface area contributed by atoms with E-state index in [1.165, 1.54) is 45.3 Å². The molecule has 0 bridgehead atoms. The van der Waals surface area contributed by atoms with Crippen LogP contribution in [0.5, 0.6) is 0 Å². The summed E-state index contributed by atoms with van der Waals surface area (Å²) >= 11 is 0. The van der Waals surface area contributed by atoms with E-state index in [0.29, 0.717) is 41.2 Å². The molecule has 2 saturated heterocycles. The van der Waals surface area contributed by atoms with E-state index in [4.69, 9.17) is 0 Å². The fraction of sp³-hybridized carbons (Fsp3) is 0.406. The van der Waals surface area contributed by atoms with Crippen LogP contribution in [0.15, 0.2) is 48.7 Å². The predicted octanol–water partition coefficient (Wildman–Crippen LogP) is 6.99. The molecular formula is C32H31F7N4O2. The second-order valence-corrected chi connectivity index (χ2v) is 12.1. The highest BCUT2D eigenvalue weighted by Crippen LogP contribution is 2.41. The first-order chi connectivity index (χ1) is 20.9. The van der Waals surface area contributed by atoms with E-state index in [9.17, 15) is 40.3 Å². The number of pyridine rings is 1. The minimum atomic E-state index is -5.09. The summed E-state index contributed by atoms with van der Waals surface area (Å²) in [6.45, 7) is 5.60. The van der Waals surface area contributed by atoms with Crippen molar-refractivity contribution in [1.29, 1.82) is 0 Å². The number of aromatic nitrogens is 1. The molecule has 0 radical (unpaired) electrons. The van der Waals surface area contributed by atoms with Crippen molar-refractivity contribution < 1.29 is 40.3 Å². The third kappa shape index (κ3) is 6.27. The Labute approximate surface area is 255 Å². The van der Waals surface area contributed by atoms with Crippen molar-refractivity contribution in [3.63, 3.8) is 0 Å². The molecule has 0 aliphatic carbocycles. The topological polar surface area (TPSA) is 56.8 Å². The monoisotopic (exact) mass is 636 g/mol. The third-order valence-corrected chi connectivity index (χ3v) is 8.67. The number of fused-ring (bicyclic) bond motifs is 1. The maximum absolute atomic E-state index is 14.1. The second kappa shape index (κ2) is 11.4. The average Bonchev–Trinajstić information content (AvgIpc) is 3.42. The molecule has 2 fully saturated rings. The van der Waals surface area contributed by atoms with Crippen molar-refractivity contribution in [2.24, 2.45) is 0 Å². The smallest absolute Gasteiger partial charge is 0.313 e. The van der Waals surface area contributed by atoms with Crippen LogP contribution in [0.2, 0.25) is 0 Å². The molecule has 45 heavy (non-hydrogen) atoms. The van der Waals surface area contributed by atoms with Gasteiger partial charge in [0.05, 0.1) is 35.0 Å². The highest BCUT2D eigenvalue weighted by atomic mass is 19.4. The fourth-order valence-electron chi connectivity index (χ4n) is 6.07. The highest BCUT2D eigenvalue weighted by Gasteiger charge is 2.42. The molecule has 240 valence electrons. The normalized spacial score (nSPS) is 17.9. The number of aryl methyl sites for hydroxylation is 1. The van der Waals surface area contributed by atoms with E-state index in [0.717, 1.165) is 24.3 Å². The maximum Gasteiger partial charge on any atom is 0.416 e.